The molecule has 1 aliphatic carbocycles. The van der Waals surface area contributed by atoms with Crippen LogP contribution in [0.4, 0.5) is 0 Å². The van der Waals surface area contributed by atoms with Crippen molar-refractivity contribution >= 4 is 5.91 Å². The van der Waals surface area contributed by atoms with Gasteiger partial charge in [0.15, 0.2) is 0 Å². The fraction of sp³-hybridized carbons (Fsp3) is 0.941. The van der Waals surface area contributed by atoms with Crippen LogP contribution in [-0.4, -0.2) is 55.0 Å². The van der Waals surface area contributed by atoms with Gasteiger partial charge in [-0.15, -0.1) is 0 Å². The maximum atomic E-state index is 13.0. The van der Waals surface area contributed by atoms with Crippen LogP contribution in [0.5, 0.6) is 0 Å². The first kappa shape index (κ1) is 16.8. The van der Waals surface area contributed by atoms with Crippen LogP contribution in [0.3, 0.4) is 0 Å². The van der Waals surface area contributed by atoms with E-state index in [1.807, 2.05) is 11.9 Å². The summed E-state index contributed by atoms with van der Waals surface area (Å²) in [5.41, 5.74) is 6.21. The first-order chi connectivity index (χ1) is 9.75. The summed E-state index contributed by atoms with van der Waals surface area (Å²) in [4.78, 5) is 17.4. The molecule has 3 atom stereocenters. The molecule has 0 aromatic rings. The van der Waals surface area contributed by atoms with Gasteiger partial charge in [0.1, 0.15) is 0 Å². The summed E-state index contributed by atoms with van der Waals surface area (Å²) in [6.07, 6.45) is 4.11. The zero-order valence-corrected chi connectivity index (χ0v) is 14.4. The normalized spacial score (nSPS) is 34.7. The third kappa shape index (κ3) is 3.26. The second-order valence-corrected chi connectivity index (χ2v) is 7.89. The zero-order valence-electron chi connectivity index (χ0n) is 14.4. The highest BCUT2D eigenvalue weighted by molar-refractivity contribution is 5.80. The lowest BCUT2D eigenvalue weighted by molar-refractivity contribution is -0.145. The van der Waals surface area contributed by atoms with Gasteiger partial charge >= 0.3 is 0 Å². The van der Waals surface area contributed by atoms with Crippen LogP contribution in [0.15, 0.2) is 0 Å². The zero-order chi connectivity index (χ0) is 15.8. The van der Waals surface area contributed by atoms with Crippen molar-refractivity contribution in [3.63, 3.8) is 0 Å². The molecule has 3 unspecified atom stereocenters. The quantitative estimate of drug-likeness (QED) is 0.847. The molecule has 1 heterocycles. The summed E-state index contributed by atoms with van der Waals surface area (Å²) in [5, 5.41) is 0. The van der Waals surface area contributed by atoms with Gasteiger partial charge in [0.2, 0.25) is 5.91 Å². The summed E-state index contributed by atoms with van der Waals surface area (Å²) in [5.74, 6) is 0.858. The Balaban J connectivity index is 2.05. The molecule has 0 radical (unpaired) electrons. The van der Waals surface area contributed by atoms with Crippen molar-refractivity contribution in [3.8, 4) is 0 Å². The summed E-state index contributed by atoms with van der Waals surface area (Å²) in [7, 11) is 4.17. The van der Waals surface area contributed by atoms with Crippen LogP contribution in [-0.2, 0) is 4.79 Å². The Morgan fingerprint density at radius 3 is 2.33 bits per heavy atom. The Hall–Kier alpha value is -0.610. The average Bonchev–Trinajstić information content (AvgIpc) is 2.44. The molecule has 0 aromatic carbocycles. The largest absolute Gasteiger partial charge is 0.342 e. The molecule has 1 saturated carbocycles. The minimum atomic E-state index is -0.00549. The Morgan fingerprint density at radius 1 is 1.19 bits per heavy atom. The Kier molecular flexibility index (Phi) is 4.99. The Labute approximate surface area is 130 Å². The fourth-order valence-electron chi connectivity index (χ4n) is 4.10. The predicted octanol–water partition coefficient (Wildman–Crippen LogP) is 1.94. The summed E-state index contributed by atoms with van der Waals surface area (Å²) in [6, 6.07) is 0.646. The van der Waals surface area contributed by atoms with Crippen LogP contribution in [0.1, 0.15) is 46.5 Å². The molecule has 21 heavy (non-hydrogen) atoms. The molecule has 1 amide bonds. The second kappa shape index (κ2) is 6.25. The van der Waals surface area contributed by atoms with E-state index in [2.05, 4.69) is 32.7 Å². The molecule has 0 bridgehead atoms. The van der Waals surface area contributed by atoms with Crippen molar-refractivity contribution in [2.45, 2.75) is 58.5 Å². The lowest BCUT2D eigenvalue weighted by Crippen LogP contribution is -2.54. The molecule has 1 saturated heterocycles. The third-order valence-electron chi connectivity index (χ3n) is 6.38. The van der Waals surface area contributed by atoms with E-state index in [1.54, 1.807) is 0 Å². The van der Waals surface area contributed by atoms with Gasteiger partial charge in [-0.05, 0) is 57.2 Å². The Bertz CT molecular complexity index is 374. The van der Waals surface area contributed by atoms with Crippen molar-refractivity contribution < 1.29 is 4.79 Å². The van der Waals surface area contributed by atoms with Crippen molar-refractivity contribution in [3.05, 3.63) is 0 Å². The number of nitrogens with zero attached hydrogens (tertiary/aromatic N) is 2. The highest BCUT2D eigenvalue weighted by Crippen LogP contribution is 2.45. The van der Waals surface area contributed by atoms with E-state index in [-0.39, 0.29) is 17.4 Å². The molecule has 2 rings (SSSR count). The third-order valence-corrected chi connectivity index (χ3v) is 6.38. The van der Waals surface area contributed by atoms with E-state index < -0.39 is 0 Å². The number of amides is 1. The monoisotopic (exact) mass is 295 g/mol. The van der Waals surface area contributed by atoms with E-state index >= 15 is 0 Å². The van der Waals surface area contributed by atoms with Crippen LogP contribution in [0, 0.1) is 17.3 Å². The summed E-state index contributed by atoms with van der Waals surface area (Å²) < 4.78 is 0. The van der Waals surface area contributed by atoms with E-state index in [9.17, 15) is 4.79 Å². The van der Waals surface area contributed by atoms with E-state index in [4.69, 9.17) is 5.73 Å². The molecule has 2 fully saturated rings. The Morgan fingerprint density at radius 2 is 1.76 bits per heavy atom. The van der Waals surface area contributed by atoms with Gasteiger partial charge < -0.3 is 15.5 Å². The number of hydrogen-bond donors (Lipinski definition) is 1. The average molecular weight is 295 g/mol. The van der Waals surface area contributed by atoms with E-state index in [0.717, 1.165) is 38.8 Å². The highest BCUT2D eigenvalue weighted by Gasteiger charge is 2.46. The van der Waals surface area contributed by atoms with Crippen molar-refractivity contribution in [2.75, 3.05) is 27.2 Å². The van der Waals surface area contributed by atoms with Crippen molar-refractivity contribution in [1.82, 2.24) is 9.80 Å². The molecular weight excluding hydrogens is 262 g/mol. The summed E-state index contributed by atoms with van der Waals surface area (Å²) >= 11 is 0. The molecule has 2 N–H and O–H groups in total. The van der Waals surface area contributed by atoms with Gasteiger partial charge in [-0.1, -0.05) is 20.8 Å². The van der Waals surface area contributed by atoms with Gasteiger partial charge in [-0.2, -0.15) is 0 Å². The number of rotatable bonds is 2. The van der Waals surface area contributed by atoms with Crippen LogP contribution >= 0.6 is 0 Å². The molecule has 122 valence electrons. The molecule has 0 spiro atoms. The maximum absolute atomic E-state index is 13.0. The standard InChI is InChI=1S/C17H33N3O/c1-12-15(18)7-6-14(17(12,2)3)16(21)20(5)13-8-10-19(4)11-9-13/h12-15H,6-11,18H2,1-5H3. The number of carbonyl (C=O) groups is 1. The molecular formula is C17H33N3O. The summed E-state index contributed by atoms with van der Waals surface area (Å²) in [6.45, 7) is 8.85. The number of piperidine rings is 1. The van der Waals surface area contributed by atoms with Crippen LogP contribution < -0.4 is 5.73 Å². The number of hydrogen-bond acceptors (Lipinski definition) is 3. The minimum absolute atomic E-state index is 0.00549. The first-order valence-electron chi connectivity index (χ1n) is 8.46. The molecule has 2 aliphatic rings. The van der Waals surface area contributed by atoms with Gasteiger partial charge in [-0.3, -0.25) is 4.79 Å². The van der Waals surface area contributed by atoms with Gasteiger partial charge in [0.05, 0.1) is 0 Å². The highest BCUT2D eigenvalue weighted by atomic mass is 16.2. The second-order valence-electron chi connectivity index (χ2n) is 7.89. The van der Waals surface area contributed by atoms with Crippen LogP contribution in [0.2, 0.25) is 0 Å². The van der Waals surface area contributed by atoms with Crippen molar-refractivity contribution in [2.24, 2.45) is 23.0 Å². The SMILES string of the molecule is CC1C(N)CCC(C(=O)N(C)C2CCN(C)CC2)C1(C)C. The van der Waals surface area contributed by atoms with Gasteiger partial charge in [-0.25, -0.2) is 0 Å². The van der Waals surface area contributed by atoms with Gasteiger partial charge in [0.25, 0.3) is 0 Å². The van der Waals surface area contributed by atoms with Crippen LogP contribution in [0.25, 0.3) is 0 Å². The minimum Gasteiger partial charge on any atom is -0.342 e. The molecule has 1 aliphatic heterocycles. The number of nitrogens with two attached hydrogens (primary N) is 1. The first-order valence-corrected chi connectivity index (χ1v) is 8.46. The number of carbonyl (C=O) groups excluding carboxylic acids is 1. The lowest BCUT2D eigenvalue weighted by Gasteiger charge is -2.48. The number of likely N-dealkylation sites (tertiary alicyclic amines) is 1. The molecule has 4 heteroatoms. The van der Waals surface area contributed by atoms with E-state index in [1.165, 1.54) is 0 Å². The predicted molar refractivity (Wildman–Crippen MR) is 86.9 cm³/mol. The smallest absolute Gasteiger partial charge is 0.226 e. The van der Waals surface area contributed by atoms with Gasteiger partial charge in [0, 0.05) is 25.0 Å². The molecule has 0 aromatic heterocycles. The van der Waals surface area contributed by atoms with Crippen molar-refractivity contribution in [1.29, 1.82) is 0 Å². The van der Waals surface area contributed by atoms with E-state index in [0.29, 0.717) is 17.9 Å². The lowest BCUT2D eigenvalue weighted by atomic mass is 9.60. The topological polar surface area (TPSA) is 49.6 Å². The maximum Gasteiger partial charge on any atom is 0.226 e. The fourth-order valence-corrected chi connectivity index (χ4v) is 4.10. The molecule has 4 nitrogen and oxygen atoms in total.